The second-order valence-electron chi connectivity index (χ2n) is 3.56. The highest BCUT2D eigenvalue weighted by Crippen LogP contribution is 2.12. The number of nitrogens with zero attached hydrogens (tertiary/aromatic N) is 1. The third kappa shape index (κ3) is 2.88. The second kappa shape index (κ2) is 4.81. The maximum absolute atomic E-state index is 8.95. The standard InChI is InChI=1S/C10H17N3O/c1-7(6-14)8(2)13-9-3-4-10(11)12-5-9/h3-5,7-8,13-14H,6H2,1-2H3,(H2,11,12). The molecular formula is C10H17N3O. The molecule has 0 fully saturated rings. The van der Waals surface area contributed by atoms with E-state index < -0.39 is 0 Å². The minimum atomic E-state index is 0.177. The van der Waals surface area contributed by atoms with Gasteiger partial charge in [0.1, 0.15) is 5.82 Å². The van der Waals surface area contributed by atoms with E-state index in [1.165, 1.54) is 0 Å². The van der Waals surface area contributed by atoms with Gasteiger partial charge in [-0.15, -0.1) is 0 Å². The van der Waals surface area contributed by atoms with Gasteiger partial charge in [0, 0.05) is 12.6 Å². The van der Waals surface area contributed by atoms with Crippen molar-refractivity contribution in [3.05, 3.63) is 18.3 Å². The Bertz CT molecular complexity index is 273. The van der Waals surface area contributed by atoms with Gasteiger partial charge in [0.15, 0.2) is 0 Å². The van der Waals surface area contributed by atoms with Crippen molar-refractivity contribution in [1.82, 2.24) is 4.98 Å². The van der Waals surface area contributed by atoms with Gasteiger partial charge in [0.2, 0.25) is 0 Å². The van der Waals surface area contributed by atoms with Crippen LogP contribution in [0.3, 0.4) is 0 Å². The minimum absolute atomic E-state index is 0.177. The molecule has 1 aromatic heterocycles. The molecule has 0 aliphatic carbocycles. The fraction of sp³-hybridized carbons (Fsp3) is 0.500. The highest BCUT2D eigenvalue weighted by atomic mass is 16.3. The molecule has 2 unspecified atom stereocenters. The van der Waals surface area contributed by atoms with Gasteiger partial charge in [-0.25, -0.2) is 4.98 Å². The molecule has 0 radical (unpaired) electrons. The average molecular weight is 195 g/mol. The molecule has 4 N–H and O–H groups in total. The summed E-state index contributed by atoms with van der Waals surface area (Å²) in [7, 11) is 0. The number of anilines is 2. The molecule has 1 aromatic rings. The number of nitrogen functional groups attached to an aromatic ring is 1. The molecule has 0 saturated carbocycles. The molecule has 0 aliphatic rings. The van der Waals surface area contributed by atoms with Crippen LogP contribution >= 0.6 is 0 Å². The summed E-state index contributed by atoms with van der Waals surface area (Å²) in [4.78, 5) is 3.97. The lowest BCUT2D eigenvalue weighted by Gasteiger charge is -2.20. The Balaban J connectivity index is 2.56. The third-order valence-electron chi connectivity index (χ3n) is 2.32. The molecular weight excluding hydrogens is 178 g/mol. The molecule has 4 heteroatoms. The minimum Gasteiger partial charge on any atom is -0.396 e. The molecule has 0 aliphatic heterocycles. The van der Waals surface area contributed by atoms with Gasteiger partial charge in [-0.1, -0.05) is 6.92 Å². The zero-order valence-electron chi connectivity index (χ0n) is 8.57. The molecule has 14 heavy (non-hydrogen) atoms. The Hall–Kier alpha value is -1.29. The number of nitrogens with one attached hydrogen (secondary N) is 1. The SMILES string of the molecule is CC(CO)C(C)Nc1ccc(N)nc1. The number of hydrogen-bond donors (Lipinski definition) is 3. The van der Waals surface area contributed by atoms with Crippen LogP contribution in [0, 0.1) is 5.92 Å². The lowest BCUT2D eigenvalue weighted by Crippen LogP contribution is -2.26. The number of rotatable bonds is 4. The molecule has 1 heterocycles. The summed E-state index contributed by atoms with van der Waals surface area (Å²) >= 11 is 0. The quantitative estimate of drug-likeness (QED) is 0.672. The Morgan fingerprint density at radius 2 is 2.21 bits per heavy atom. The molecule has 0 spiro atoms. The normalized spacial score (nSPS) is 14.8. The van der Waals surface area contributed by atoms with Crippen molar-refractivity contribution < 1.29 is 5.11 Å². The van der Waals surface area contributed by atoms with Gasteiger partial charge in [0.05, 0.1) is 11.9 Å². The van der Waals surface area contributed by atoms with Crippen molar-refractivity contribution >= 4 is 11.5 Å². The average Bonchev–Trinajstić information content (AvgIpc) is 2.20. The predicted octanol–water partition coefficient (Wildman–Crippen LogP) is 1.09. The lowest BCUT2D eigenvalue weighted by atomic mass is 10.1. The molecule has 0 saturated heterocycles. The molecule has 4 nitrogen and oxygen atoms in total. The number of pyridine rings is 1. The van der Waals surface area contributed by atoms with Crippen LogP contribution in [0.2, 0.25) is 0 Å². The van der Waals surface area contributed by atoms with Crippen LogP contribution in [0.5, 0.6) is 0 Å². The van der Waals surface area contributed by atoms with Crippen LogP contribution in [0.4, 0.5) is 11.5 Å². The molecule has 0 bridgehead atoms. The van der Waals surface area contributed by atoms with E-state index in [4.69, 9.17) is 10.8 Å². The lowest BCUT2D eigenvalue weighted by molar-refractivity contribution is 0.226. The Morgan fingerprint density at radius 3 is 2.71 bits per heavy atom. The van der Waals surface area contributed by atoms with Crippen LogP contribution < -0.4 is 11.1 Å². The third-order valence-corrected chi connectivity index (χ3v) is 2.32. The Kier molecular flexibility index (Phi) is 3.71. The molecule has 0 amide bonds. The summed E-state index contributed by atoms with van der Waals surface area (Å²) in [5.74, 6) is 0.728. The number of nitrogens with two attached hydrogens (primary N) is 1. The predicted molar refractivity (Wildman–Crippen MR) is 58.0 cm³/mol. The zero-order valence-corrected chi connectivity index (χ0v) is 8.57. The smallest absolute Gasteiger partial charge is 0.123 e. The van der Waals surface area contributed by atoms with Gasteiger partial charge in [-0.2, -0.15) is 0 Å². The van der Waals surface area contributed by atoms with Gasteiger partial charge < -0.3 is 16.2 Å². The van der Waals surface area contributed by atoms with Crippen LogP contribution in [-0.2, 0) is 0 Å². The highest BCUT2D eigenvalue weighted by molar-refractivity contribution is 5.45. The van der Waals surface area contributed by atoms with E-state index in [0.717, 1.165) is 5.69 Å². The van der Waals surface area contributed by atoms with Crippen molar-refractivity contribution in [1.29, 1.82) is 0 Å². The van der Waals surface area contributed by atoms with Gasteiger partial charge in [0.25, 0.3) is 0 Å². The summed E-state index contributed by atoms with van der Waals surface area (Å²) in [6, 6.07) is 3.84. The van der Waals surface area contributed by atoms with Crippen LogP contribution in [-0.4, -0.2) is 22.7 Å². The molecule has 78 valence electrons. The second-order valence-corrected chi connectivity index (χ2v) is 3.56. The van der Waals surface area contributed by atoms with E-state index in [0.29, 0.717) is 5.82 Å². The first-order valence-electron chi connectivity index (χ1n) is 4.72. The van der Waals surface area contributed by atoms with E-state index in [1.807, 2.05) is 19.9 Å². The zero-order chi connectivity index (χ0) is 10.6. The van der Waals surface area contributed by atoms with Crippen molar-refractivity contribution in [2.45, 2.75) is 19.9 Å². The van der Waals surface area contributed by atoms with Crippen molar-refractivity contribution in [3.8, 4) is 0 Å². The Labute approximate surface area is 84.2 Å². The van der Waals surface area contributed by atoms with Crippen molar-refractivity contribution in [3.63, 3.8) is 0 Å². The number of aromatic nitrogens is 1. The number of aliphatic hydroxyl groups is 1. The first-order chi connectivity index (χ1) is 6.63. The van der Waals surface area contributed by atoms with E-state index in [-0.39, 0.29) is 18.6 Å². The number of aliphatic hydroxyl groups excluding tert-OH is 1. The van der Waals surface area contributed by atoms with Gasteiger partial charge >= 0.3 is 0 Å². The number of hydrogen-bond acceptors (Lipinski definition) is 4. The summed E-state index contributed by atoms with van der Waals surface area (Å²) in [6.45, 7) is 4.19. The monoisotopic (exact) mass is 195 g/mol. The van der Waals surface area contributed by atoms with Crippen LogP contribution in [0.15, 0.2) is 18.3 Å². The summed E-state index contributed by atoms with van der Waals surface area (Å²) in [5, 5.41) is 12.2. The van der Waals surface area contributed by atoms with Gasteiger partial charge in [-0.05, 0) is 25.0 Å². The van der Waals surface area contributed by atoms with E-state index >= 15 is 0 Å². The Morgan fingerprint density at radius 1 is 1.50 bits per heavy atom. The highest BCUT2D eigenvalue weighted by Gasteiger charge is 2.10. The maximum atomic E-state index is 8.95. The first-order valence-corrected chi connectivity index (χ1v) is 4.72. The summed E-state index contributed by atoms with van der Waals surface area (Å²) in [6.07, 6.45) is 1.69. The largest absolute Gasteiger partial charge is 0.396 e. The van der Waals surface area contributed by atoms with Crippen molar-refractivity contribution in [2.24, 2.45) is 5.92 Å². The van der Waals surface area contributed by atoms with E-state index in [9.17, 15) is 0 Å². The van der Waals surface area contributed by atoms with Crippen LogP contribution in [0.25, 0.3) is 0 Å². The molecule has 0 aromatic carbocycles. The fourth-order valence-electron chi connectivity index (χ4n) is 1.05. The fourth-order valence-corrected chi connectivity index (χ4v) is 1.05. The molecule has 1 rings (SSSR count). The molecule has 2 atom stereocenters. The maximum Gasteiger partial charge on any atom is 0.123 e. The topological polar surface area (TPSA) is 71.2 Å². The van der Waals surface area contributed by atoms with Crippen molar-refractivity contribution in [2.75, 3.05) is 17.7 Å². The van der Waals surface area contributed by atoms with E-state index in [1.54, 1.807) is 12.3 Å². The van der Waals surface area contributed by atoms with E-state index in [2.05, 4.69) is 10.3 Å². The first kappa shape index (κ1) is 10.8. The van der Waals surface area contributed by atoms with Gasteiger partial charge in [-0.3, -0.25) is 0 Å². The summed E-state index contributed by atoms with van der Waals surface area (Å²) in [5.41, 5.74) is 6.39. The van der Waals surface area contributed by atoms with Crippen LogP contribution in [0.1, 0.15) is 13.8 Å². The summed E-state index contributed by atoms with van der Waals surface area (Å²) < 4.78 is 0.